The normalized spacial score (nSPS) is 12.0. The molecule has 0 aliphatic heterocycles. The monoisotopic (exact) mass is 508 g/mol. The van der Waals surface area contributed by atoms with E-state index in [0.717, 1.165) is 0 Å². The quantitative estimate of drug-likeness (QED) is 0.220. The average molecular weight is 509 g/mol. The van der Waals surface area contributed by atoms with Crippen molar-refractivity contribution in [3.05, 3.63) is 146 Å². The molecule has 0 unspecified atom stereocenters. The Morgan fingerprint density at radius 3 is 1.80 bits per heavy atom. The molecule has 9 rings (SSSR count). The van der Waals surface area contributed by atoms with Crippen LogP contribution in [0.15, 0.2) is 146 Å². The topological polar surface area (TPSA) is 9.86 Å². The molecule has 186 valence electrons. The molecular weight excluding hydrogens is 484 g/mol. The number of nitrogens with zero attached hydrogens (tertiary/aromatic N) is 2. The zero-order chi connectivity index (χ0) is 26.2. The maximum Gasteiger partial charge on any atom is 0.0620 e. The molecule has 7 aromatic carbocycles. The standard InChI is InChI=1S/C38H24N2/c1-2-13-27(14-3-1)39-35-18-8-6-16-29(35)31-22-21-26-23-33-30-17-7-9-19-36(30)40(37(33)24-32(26)38(31)39)34-20-10-12-25-11-4-5-15-28(25)34/h1-24H. The molecule has 0 atom stereocenters. The minimum atomic E-state index is 1.18. The number of aromatic nitrogens is 2. The van der Waals surface area contributed by atoms with Gasteiger partial charge in [0.25, 0.3) is 0 Å². The van der Waals surface area contributed by atoms with Crippen molar-refractivity contribution in [1.82, 2.24) is 9.13 Å². The third kappa shape index (κ3) is 2.88. The van der Waals surface area contributed by atoms with Crippen molar-refractivity contribution in [2.24, 2.45) is 0 Å². The molecule has 0 saturated heterocycles. The summed E-state index contributed by atoms with van der Waals surface area (Å²) in [5.41, 5.74) is 7.31. The van der Waals surface area contributed by atoms with Gasteiger partial charge in [-0.2, -0.15) is 0 Å². The van der Waals surface area contributed by atoms with Crippen molar-refractivity contribution in [3.8, 4) is 11.4 Å². The maximum atomic E-state index is 2.46. The Morgan fingerprint density at radius 1 is 0.325 bits per heavy atom. The van der Waals surface area contributed by atoms with Crippen LogP contribution >= 0.6 is 0 Å². The Bertz CT molecular complexity index is 2420. The number of hydrogen-bond donors (Lipinski definition) is 0. The Hall–Kier alpha value is -5.34. The van der Waals surface area contributed by atoms with E-state index in [0.29, 0.717) is 0 Å². The Morgan fingerprint density at radius 2 is 0.975 bits per heavy atom. The van der Waals surface area contributed by atoms with Gasteiger partial charge in [-0.3, -0.25) is 0 Å². The molecule has 2 heterocycles. The van der Waals surface area contributed by atoms with Crippen LogP contribution in [0.4, 0.5) is 0 Å². The van der Waals surface area contributed by atoms with E-state index < -0.39 is 0 Å². The first-order chi connectivity index (χ1) is 19.9. The van der Waals surface area contributed by atoms with Gasteiger partial charge in [0.1, 0.15) is 0 Å². The SMILES string of the molecule is c1ccc(-n2c3ccccc3c3ccc4cc5c6ccccc6n(-c6cccc7ccccc67)c5cc4c32)cc1. The summed E-state index contributed by atoms with van der Waals surface area (Å²) in [5, 5.41) is 10.1. The van der Waals surface area contributed by atoms with Gasteiger partial charge in [-0.1, -0.05) is 103 Å². The van der Waals surface area contributed by atoms with E-state index in [9.17, 15) is 0 Å². The van der Waals surface area contributed by atoms with Crippen LogP contribution in [0.2, 0.25) is 0 Å². The molecule has 2 nitrogen and oxygen atoms in total. The van der Waals surface area contributed by atoms with Gasteiger partial charge in [0.15, 0.2) is 0 Å². The lowest BCUT2D eigenvalue weighted by Gasteiger charge is -2.13. The lowest BCUT2D eigenvalue weighted by atomic mass is 10.0. The number of fused-ring (bicyclic) bond motifs is 9. The number of para-hydroxylation sites is 3. The van der Waals surface area contributed by atoms with Crippen molar-refractivity contribution in [3.63, 3.8) is 0 Å². The smallest absolute Gasteiger partial charge is 0.0620 e. The second-order valence-electron chi connectivity index (χ2n) is 10.6. The molecule has 9 aromatic rings. The van der Waals surface area contributed by atoms with Crippen LogP contribution in [0.25, 0.3) is 76.5 Å². The van der Waals surface area contributed by atoms with Crippen LogP contribution in [-0.2, 0) is 0 Å². The van der Waals surface area contributed by atoms with Crippen molar-refractivity contribution < 1.29 is 0 Å². The highest BCUT2D eigenvalue weighted by Crippen LogP contribution is 2.41. The van der Waals surface area contributed by atoms with Crippen molar-refractivity contribution in [1.29, 1.82) is 0 Å². The van der Waals surface area contributed by atoms with E-state index in [1.165, 1.54) is 76.5 Å². The van der Waals surface area contributed by atoms with Crippen LogP contribution in [0.3, 0.4) is 0 Å². The van der Waals surface area contributed by atoms with E-state index in [2.05, 4.69) is 155 Å². The molecule has 40 heavy (non-hydrogen) atoms. The molecule has 2 aromatic heterocycles. The van der Waals surface area contributed by atoms with Crippen LogP contribution in [-0.4, -0.2) is 9.13 Å². The lowest BCUT2D eigenvalue weighted by molar-refractivity contribution is 1.18. The van der Waals surface area contributed by atoms with E-state index >= 15 is 0 Å². The molecule has 0 aliphatic carbocycles. The largest absolute Gasteiger partial charge is 0.309 e. The van der Waals surface area contributed by atoms with Crippen LogP contribution in [0.5, 0.6) is 0 Å². The fraction of sp³-hybridized carbons (Fsp3) is 0. The highest BCUT2D eigenvalue weighted by atomic mass is 15.0. The summed E-state index contributed by atoms with van der Waals surface area (Å²) in [6.45, 7) is 0. The number of rotatable bonds is 2. The third-order valence-electron chi connectivity index (χ3n) is 8.46. The van der Waals surface area contributed by atoms with Crippen LogP contribution in [0.1, 0.15) is 0 Å². The van der Waals surface area contributed by atoms with Gasteiger partial charge in [0.2, 0.25) is 0 Å². The fourth-order valence-electron chi connectivity index (χ4n) is 6.76. The molecule has 0 radical (unpaired) electrons. The summed E-state index contributed by atoms with van der Waals surface area (Å²) in [7, 11) is 0. The van der Waals surface area contributed by atoms with Gasteiger partial charge < -0.3 is 9.13 Å². The fourth-order valence-corrected chi connectivity index (χ4v) is 6.76. The first-order valence-corrected chi connectivity index (χ1v) is 13.8. The van der Waals surface area contributed by atoms with E-state index in [4.69, 9.17) is 0 Å². The lowest BCUT2D eigenvalue weighted by Crippen LogP contribution is -1.96. The summed E-state index contributed by atoms with van der Waals surface area (Å²) in [6.07, 6.45) is 0. The second kappa shape index (κ2) is 8.08. The summed E-state index contributed by atoms with van der Waals surface area (Å²) < 4.78 is 4.89. The summed E-state index contributed by atoms with van der Waals surface area (Å²) in [4.78, 5) is 0. The molecule has 0 spiro atoms. The van der Waals surface area contributed by atoms with Crippen LogP contribution in [0, 0.1) is 0 Å². The van der Waals surface area contributed by atoms with Gasteiger partial charge in [0.05, 0.1) is 27.8 Å². The van der Waals surface area contributed by atoms with Crippen molar-refractivity contribution >= 4 is 65.2 Å². The molecule has 0 aliphatic rings. The molecule has 0 N–H and O–H groups in total. The first kappa shape index (κ1) is 21.6. The Kier molecular flexibility index (Phi) is 4.36. The summed E-state index contributed by atoms with van der Waals surface area (Å²) >= 11 is 0. The predicted octanol–water partition coefficient (Wildman–Crippen LogP) is 10.2. The van der Waals surface area contributed by atoms with Gasteiger partial charge in [-0.25, -0.2) is 0 Å². The van der Waals surface area contributed by atoms with Crippen molar-refractivity contribution in [2.75, 3.05) is 0 Å². The van der Waals surface area contributed by atoms with Gasteiger partial charge in [0, 0.05) is 38.0 Å². The molecule has 0 saturated carbocycles. The maximum absolute atomic E-state index is 2.46. The number of hydrogen-bond acceptors (Lipinski definition) is 0. The Labute approximate surface area is 230 Å². The minimum Gasteiger partial charge on any atom is -0.309 e. The number of benzene rings is 7. The summed E-state index contributed by atoms with van der Waals surface area (Å²) in [5.74, 6) is 0. The zero-order valence-corrected chi connectivity index (χ0v) is 21.8. The molecule has 2 heteroatoms. The second-order valence-corrected chi connectivity index (χ2v) is 10.6. The van der Waals surface area contributed by atoms with Crippen LogP contribution < -0.4 is 0 Å². The van der Waals surface area contributed by atoms with Crippen molar-refractivity contribution in [2.45, 2.75) is 0 Å². The average Bonchev–Trinajstić information content (AvgIpc) is 3.53. The molecule has 0 bridgehead atoms. The van der Waals surface area contributed by atoms with Gasteiger partial charge in [-0.05, 0) is 53.2 Å². The van der Waals surface area contributed by atoms with E-state index in [-0.39, 0.29) is 0 Å². The minimum absolute atomic E-state index is 1.18. The Balaban J connectivity index is 1.50. The summed E-state index contributed by atoms with van der Waals surface area (Å²) in [6, 6.07) is 53.0. The van der Waals surface area contributed by atoms with E-state index in [1.807, 2.05) is 0 Å². The highest BCUT2D eigenvalue weighted by molar-refractivity contribution is 6.22. The molecule has 0 fully saturated rings. The van der Waals surface area contributed by atoms with Gasteiger partial charge >= 0.3 is 0 Å². The van der Waals surface area contributed by atoms with Gasteiger partial charge in [-0.15, -0.1) is 0 Å². The molecular formula is C38H24N2. The third-order valence-corrected chi connectivity index (χ3v) is 8.46. The zero-order valence-electron chi connectivity index (χ0n) is 21.8. The molecule has 0 amide bonds. The van der Waals surface area contributed by atoms with E-state index in [1.54, 1.807) is 0 Å². The highest BCUT2D eigenvalue weighted by Gasteiger charge is 2.19. The predicted molar refractivity (Wildman–Crippen MR) is 170 cm³/mol. The first-order valence-electron chi connectivity index (χ1n) is 13.8.